The number of ether oxygens (including phenoxy) is 1. The molecule has 0 radical (unpaired) electrons. The van der Waals surface area contributed by atoms with E-state index >= 15 is 0 Å². The molecule has 1 saturated heterocycles. The van der Waals surface area contributed by atoms with E-state index in [2.05, 4.69) is 46.6 Å². The number of nitrogens with one attached hydrogen (secondary N) is 3. The molecule has 7 nitrogen and oxygen atoms in total. The third kappa shape index (κ3) is 10.6. The zero-order valence-corrected chi connectivity index (χ0v) is 20.9. The minimum absolute atomic E-state index is 0. The molecule has 1 fully saturated rings. The number of carbonyl (C=O) groups excluding carboxylic acids is 1. The highest BCUT2D eigenvalue weighted by molar-refractivity contribution is 14.0. The van der Waals surface area contributed by atoms with Crippen LogP contribution in [0.5, 0.6) is 0 Å². The van der Waals surface area contributed by atoms with Crippen LogP contribution in [0.1, 0.15) is 36.9 Å². The number of morpholine rings is 1. The first-order chi connectivity index (χ1) is 13.6. The van der Waals surface area contributed by atoms with Crippen LogP contribution >= 0.6 is 35.3 Å². The lowest BCUT2D eigenvalue weighted by molar-refractivity contribution is -0.0261. The number of hydrogen-bond donors (Lipinski definition) is 3. The van der Waals surface area contributed by atoms with E-state index in [-0.39, 0.29) is 36.0 Å². The third-order valence-corrected chi connectivity index (χ3v) is 5.19. The van der Waals surface area contributed by atoms with Crippen molar-refractivity contribution in [1.82, 2.24) is 20.9 Å². The van der Waals surface area contributed by atoms with Crippen molar-refractivity contribution in [2.75, 3.05) is 52.4 Å². The fraction of sp³-hybridized carbons (Fsp3) is 0.700. The fourth-order valence-corrected chi connectivity index (χ4v) is 3.74. The zero-order chi connectivity index (χ0) is 20.2. The van der Waals surface area contributed by atoms with Gasteiger partial charge in [-0.3, -0.25) is 14.7 Å². The molecule has 0 saturated carbocycles. The lowest BCUT2D eigenvalue weighted by Crippen LogP contribution is -2.46. The maximum Gasteiger partial charge on any atom is 0.261 e. The lowest BCUT2D eigenvalue weighted by atomic mass is 10.2. The highest BCUT2D eigenvalue weighted by Crippen LogP contribution is 2.08. The summed E-state index contributed by atoms with van der Waals surface area (Å²) in [6, 6.07) is 3.72. The molecule has 166 valence electrons. The van der Waals surface area contributed by atoms with E-state index in [0.717, 1.165) is 56.6 Å². The van der Waals surface area contributed by atoms with Crippen molar-refractivity contribution in [2.45, 2.75) is 33.3 Å². The Balaban J connectivity index is 0.00000420. The van der Waals surface area contributed by atoms with Crippen LogP contribution in [0.25, 0.3) is 0 Å². The molecule has 0 spiro atoms. The molecule has 0 aliphatic carbocycles. The SMILES string of the molecule is CCNC(=NCC1CN(CC(C)C)CCO1)NCCCNC(=O)c1cccs1.I. The summed E-state index contributed by atoms with van der Waals surface area (Å²) in [6.07, 6.45) is 0.983. The summed E-state index contributed by atoms with van der Waals surface area (Å²) in [6.45, 7) is 13.2. The Morgan fingerprint density at radius 2 is 2.14 bits per heavy atom. The van der Waals surface area contributed by atoms with Gasteiger partial charge >= 0.3 is 0 Å². The second-order valence-corrected chi connectivity index (χ2v) is 8.33. The van der Waals surface area contributed by atoms with E-state index in [4.69, 9.17) is 4.74 Å². The molecule has 29 heavy (non-hydrogen) atoms. The van der Waals surface area contributed by atoms with Crippen molar-refractivity contribution < 1.29 is 9.53 Å². The van der Waals surface area contributed by atoms with Crippen molar-refractivity contribution in [1.29, 1.82) is 0 Å². The Morgan fingerprint density at radius 1 is 1.34 bits per heavy atom. The number of nitrogens with zero attached hydrogens (tertiary/aromatic N) is 2. The largest absolute Gasteiger partial charge is 0.374 e. The highest BCUT2D eigenvalue weighted by atomic mass is 127. The summed E-state index contributed by atoms with van der Waals surface area (Å²) in [4.78, 5) is 19.8. The van der Waals surface area contributed by atoms with Crippen LogP contribution in [-0.2, 0) is 4.74 Å². The van der Waals surface area contributed by atoms with Crippen LogP contribution in [0.4, 0.5) is 0 Å². The van der Waals surface area contributed by atoms with Gasteiger partial charge in [0, 0.05) is 39.3 Å². The standard InChI is InChI=1S/C20H35N5O2S.HI/c1-4-21-20(23-9-6-8-22-19(26)18-7-5-12-28-18)24-13-17-15-25(10-11-27-17)14-16(2)3;/h5,7,12,16-17H,4,6,8-11,13-15H2,1-3H3,(H,22,26)(H2,21,23,24);1H. The number of guanidine groups is 1. The Hall–Kier alpha value is -0.910. The quantitative estimate of drug-likeness (QED) is 0.185. The molecule has 1 amide bonds. The van der Waals surface area contributed by atoms with Crippen LogP contribution in [0.3, 0.4) is 0 Å². The molecule has 1 aromatic rings. The predicted octanol–water partition coefficient (Wildman–Crippen LogP) is 2.40. The average Bonchev–Trinajstić information content (AvgIpc) is 3.20. The van der Waals surface area contributed by atoms with Crippen LogP contribution in [0.15, 0.2) is 22.5 Å². The molecule has 1 aliphatic rings. The van der Waals surface area contributed by atoms with Crippen molar-refractivity contribution in [3.63, 3.8) is 0 Å². The lowest BCUT2D eigenvalue weighted by Gasteiger charge is -2.33. The number of halogens is 1. The maximum absolute atomic E-state index is 11.9. The number of aliphatic imine (C=N–C) groups is 1. The molecule has 1 atom stereocenters. The number of carbonyl (C=O) groups is 1. The molecule has 1 unspecified atom stereocenters. The van der Waals surface area contributed by atoms with Gasteiger partial charge in [-0.05, 0) is 30.7 Å². The summed E-state index contributed by atoms with van der Waals surface area (Å²) < 4.78 is 5.87. The smallest absolute Gasteiger partial charge is 0.261 e. The Morgan fingerprint density at radius 3 is 2.83 bits per heavy atom. The van der Waals surface area contributed by atoms with Gasteiger partial charge in [0.2, 0.25) is 0 Å². The van der Waals surface area contributed by atoms with Crippen LogP contribution in [0, 0.1) is 5.92 Å². The molecule has 1 aromatic heterocycles. The van der Waals surface area contributed by atoms with Gasteiger partial charge in [-0.25, -0.2) is 0 Å². The summed E-state index contributed by atoms with van der Waals surface area (Å²) in [5.74, 6) is 1.47. The molecule has 2 rings (SSSR count). The molecule has 0 aromatic carbocycles. The summed E-state index contributed by atoms with van der Waals surface area (Å²) in [7, 11) is 0. The third-order valence-electron chi connectivity index (χ3n) is 4.32. The van der Waals surface area contributed by atoms with Crippen molar-refractivity contribution in [3.8, 4) is 0 Å². The number of amides is 1. The van der Waals surface area contributed by atoms with Gasteiger partial charge < -0.3 is 20.7 Å². The molecule has 9 heteroatoms. The highest BCUT2D eigenvalue weighted by Gasteiger charge is 2.20. The van der Waals surface area contributed by atoms with Crippen molar-refractivity contribution in [2.24, 2.45) is 10.9 Å². The van der Waals surface area contributed by atoms with Crippen LogP contribution in [-0.4, -0.2) is 75.3 Å². The van der Waals surface area contributed by atoms with E-state index in [9.17, 15) is 4.79 Å². The number of rotatable bonds is 10. The molecule has 2 heterocycles. The minimum Gasteiger partial charge on any atom is -0.374 e. The van der Waals surface area contributed by atoms with Gasteiger partial charge in [-0.15, -0.1) is 35.3 Å². The molecule has 1 aliphatic heterocycles. The Labute approximate surface area is 196 Å². The fourth-order valence-electron chi connectivity index (χ4n) is 3.10. The summed E-state index contributed by atoms with van der Waals surface area (Å²) in [5.41, 5.74) is 0. The predicted molar refractivity (Wildman–Crippen MR) is 132 cm³/mol. The normalized spacial score (nSPS) is 17.7. The van der Waals surface area contributed by atoms with Crippen molar-refractivity contribution in [3.05, 3.63) is 22.4 Å². The van der Waals surface area contributed by atoms with E-state index in [1.807, 2.05) is 17.5 Å². The molecule has 0 bridgehead atoms. The van der Waals surface area contributed by atoms with Crippen LogP contribution in [0.2, 0.25) is 0 Å². The molecular formula is C20H36IN5O2S. The van der Waals surface area contributed by atoms with Crippen LogP contribution < -0.4 is 16.0 Å². The van der Waals surface area contributed by atoms with Gasteiger partial charge in [0.05, 0.1) is 24.1 Å². The second kappa shape index (κ2) is 15.0. The second-order valence-electron chi connectivity index (χ2n) is 7.38. The number of thiophene rings is 1. The molecular weight excluding hydrogens is 501 g/mol. The first kappa shape index (κ1) is 26.1. The topological polar surface area (TPSA) is 78.0 Å². The van der Waals surface area contributed by atoms with Gasteiger partial charge in [0.15, 0.2) is 5.96 Å². The van der Waals surface area contributed by atoms with Gasteiger partial charge in [0.25, 0.3) is 5.91 Å². The van der Waals surface area contributed by atoms with E-state index < -0.39 is 0 Å². The first-order valence-electron chi connectivity index (χ1n) is 10.3. The zero-order valence-electron chi connectivity index (χ0n) is 17.8. The van der Waals surface area contributed by atoms with Gasteiger partial charge in [-0.2, -0.15) is 0 Å². The first-order valence-corrected chi connectivity index (χ1v) is 11.1. The van der Waals surface area contributed by atoms with E-state index in [1.165, 1.54) is 11.3 Å². The Bertz CT molecular complexity index is 598. The average molecular weight is 538 g/mol. The van der Waals surface area contributed by atoms with Gasteiger partial charge in [0.1, 0.15) is 0 Å². The molecule has 3 N–H and O–H groups in total. The minimum atomic E-state index is -0.00373. The Kier molecular flexibility index (Phi) is 13.5. The summed E-state index contributed by atoms with van der Waals surface area (Å²) in [5, 5.41) is 11.5. The van der Waals surface area contributed by atoms with Crippen molar-refractivity contribution >= 4 is 47.2 Å². The summed E-state index contributed by atoms with van der Waals surface area (Å²) >= 11 is 1.46. The maximum atomic E-state index is 11.9. The number of hydrogen-bond acceptors (Lipinski definition) is 5. The van der Waals surface area contributed by atoms with Gasteiger partial charge in [-0.1, -0.05) is 19.9 Å². The monoisotopic (exact) mass is 537 g/mol. The van der Waals surface area contributed by atoms with E-state index in [1.54, 1.807) is 0 Å². The van der Waals surface area contributed by atoms with E-state index in [0.29, 0.717) is 19.0 Å².